The maximum absolute atomic E-state index is 12.6. The van der Waals surface area contributed by atoms with Crippen LogP contribution in [0.1, 0.15) is 31.2 Å². The molecule has 0 saturated heterocycles. The second kappa shape index (κ2) is 4.74. The summed E-state index contributed by atoms with van der Waals surface area (Å²) in [5, 5.41) is 10.4. The van der Waals surface area contributed by atoms with Gasteiger partial charge in [-0.05, 0) is 36.5 Å². The summed E-state index contributed by atoms with van der Waals surface area (Å²) in [7, 11) is 0. The lowest BCUT2D eigenvalue weighted by atomic mass is 9.93. The van der Waals surface area contributed by atoms with Crippen molar-refractivity contribution in [2.24, 2.45) is 0 Å². The molecular weight excluding hydrogens is 183 g/mol. The molecule has 0 spiro atoms. The van der Waals surface area contributed by atoms with E-state index in [1.165, 1.54) is 12.1 Å². The zero-order valence-corrected chi connectivity index (χ0v) is 8.00. The molecule has 0 aliphatic heterocycles. The molecular formula is C11H12FO2-. The third-order valence-corrected chi connectivity index (χ3v) is 2.25. The highest BCUT2D eigenvalue weighted by atomic mass is 19.1. The van der Waals surface area contributed by atoms with E-state index in [2.05, 4.69) is 0 Å². The molecule has 14 heavy (non-hydrogen) atoms. The van der Waals surface area contributed by atoms with Gasteiger partial charge < -0.3 is 9.90 Å². The van der Waals surface area contributed by atoms with Gasteiger partial charge in [0.1, 0.15) is 5.82 Å². The van der Waals surface area contributed by atoms with Crippen LogP contribution in [0.3, 0.4) is 0 Å². The van der Waals surface area contributed by atoms with E-state index in [-0.39, 0.29) is 18.2 Å². The van der Waals surface area contributed by atoms with Crippen molar-refractivity contribution in [1.82, 2.24) is 0 Å². The number of halogens is 1. The Labute approximate surface area is 82.4 Å². The van der Waals surface area contributed by atoms with Crippen LogP contribution in [0.2, 0.25) is 0 Å². The van der Waals surface area contributed by atoms with Crippen molar-refractivity contribution in [3.63, 3.8) is 0 Å². The van der Waals surface area contributed by atoms with Gasteiger partial charge in [0.25, 0.3) is 0 Å². The average molecular weight is 195 g/mol. The third-order valence-electron chi connectivity index (χ3n) is 2.25. The number of rotatable bonds is 4. The number of carboxylic acids is 1. The molecule has 0 N–H and O–H groups in total. The van der Waals surface area contributed by atoms with Crippen molar-refractivity contribution in [2.75, 3.05) is 0 Å². The van der Waals surface area contributed by atoms with Crippen molar-refractivity contribution >= 4 is 5.97 Å². The molecule has 1 rings (SSSR count). The van der Waals surface area contributed by atoms with E-state index in [0.717, 1.165) is 5.56 Å². The molecule has 0 aromatic heterocycles. The molecule has 1 aromatic rings. The fraction of sp³-hybridized carbons (Fsp3) is 0.364. The number of hydrogen-bond donors (Lipinski definition) is 0. The zero-order chi connectivity index (χ0) is 10.6. The van der Waals surface area contributed by atoms with E-state index in [0.29, 0.717) is 6.42 Å². The zero-order valence-electron chi connectivity index (χ0n) is 8.00. The Bertz CT molecular complexity index is 306. The molecule has 0 amide bonds. The van der Waals surface area contributed by atoms with Gasteiger partial charge in [0.15, 0.2) is 0 Å². The Morgan fingerprint density at radius 1 is 1.43 bits per heavy atom. The molecule has 0 bridgehead atoms. The first-order chi connectivity index (χ1) is 6.63. The Kier molecular flexibility index (Phi) is 3.63. The van der Waals surface area contributed by atoms with Gasteiger partial charge in [-0.1, -0.05) is 19.1 Å². The van der Waals surface area contributed by atoms with Crippen LogP contribution in [-0.4, -0.2) is 5.97 Å². The van der Waals surface area contributed by atoms with Crippen LogP contribution < -0.4 is 5.11 Å². The summed E-state index contributed by atoms with van der Waals surface area (Å²) in [4.78, 5) is 10.4. The molecule has 1 atom stereocenters. The number of benzene rings is 1. The third kappa shape index (κ3) is 2.83. The van der Waals surface area contributed by atoms with Crippen molar-refractivity contribution in [1.29, 1.82) is 0 Å². The van der Waals surface area contributed by atoms with Gasteiger partial charge in [-0.3, -0.25) is 0 Å². The first kappa shape index (κ1) is 10.7. The number of carboxylic acid groups (broad SMARTS) is 1. The van der Waals surface area contributed by atoms with Crippen LogP contribution in [0, 0.1) is 5.82 Å². The first-order valence-electron chi connectivity index (χ1n) is 4.58. The smallest absolute Gasteiger partial charge is 0.123 e. The maximum atomic E-state index is 12.6. The lowest BCUT2D eigenvalue weighted by Gasteiger charge is -2.15. The summed E-state index contributed by atoms with van der Waals surface area (Å²) in [5.41, 5.74) is 0.845. The lowest BCUT2D eigenvalue weighted by molar-refractivity contribution is -0.306. The van der Waals surface area contributed by atoms with E-state index in [1.807, 2.05) is 6.92 Å². The number of aliphatic carboxylic acids is 1. The van der Waals surface area contributed by atoms with Crippen LogP contribution in [0.15, 0.2) is 24.3 Å². The second-order valence-corrected chi connectivity index (χ2v) is 3.23. The molecule has 1 aromatic carbocycles. The van der Waals surface area contributed by atoms with Crippen molar-refractivity contribution in [3.8, 4) is 0 Å². The summed E-state index contributed by atoms with van der Waals surface area (Å²) in [5.74, 6) is -1.46. The van der Waals surface area contributed by atoms with Gasteiger partial charge in [-0.25, -0.2) is 4.39 Å². The van der Waals surface area contributed by atoms with Crippen LogP contribution in [0.4, 0.5) is 4.39 Å². The first-order valence-corrected chi connectivity index (χ1v) is 4.58. The Hall–Kier alpha value is -1.38. The molecule has 3 heteroatoms. The molecule has 2 nitrogen and oxygen atoms in total. The van der Waals surface area contributed by atoms with Gasteiger partial charge >= 0.3 is 0 Å². The molecule has 0 aliphatic carbocycles. The highest BCUT2D eigenvalue weighted by Gasteiger charge is 2.09. The van der Waals surface area contributed by atoms with Crippen molar-refractivity contribution < 1.29 is 14.3 Å². The van der Waals surface area contributed by atoms with Gasteiger partial charge in [0.05, 0.1) is 0 Å². The highest BCUT2D eigenvalue weighted by Crippen LogP contribution is 2.22. The monoisotopic (exact) mass is 195 g/mol. The van der Waals surface area contributed by atoms with E-state index in [9.17, 15) is 14.3 Å². The summed E-state index contributed by atoms with van der Waals surface area (Å²) >= 11 is 0. The fourth-order valence-electron chi connectivity index (χ4n) is 1.43. The molecule has 0 heterocycles. The van der Waals surface area contributed by atoms with E-state index < -0.39 is 5.97 Å². The Morgan fingerprint density at radius 2 is 2.00 bits per heavy atom. The van der Waals surface area contributed by atoms with Crippen molar-refractivity contribution in [3.05, 3.63) is 35.6 Å². The molecule has 0 saturated carbocycles. The van der Waals surface area contributed by atoms with E-state index >= 15 is 0 Å². The normalized spacial score (nSPS) is 12.4. The topological polar surface area (TPSA) is 40.1 Å². The summed E-state index contributed by atoms with van der Waals surface area (Å²) in [6.45, 7) is 1.90. The molecule has 1 unspecified atom stereocenters. The van der Waals surface area contributed by atoms with E-state index in [4.69, 9.17) is 0 Å². The predicted octanol–water partition coefficient (Wildman–Crippen LogP) is 1.46. The SMILES string of the molecule is CCC(CC(=O)[O-])c1ccc(F)cc1. The molecule has 0 fully saturated rings. The number of carbonyl (C=O) groups is 1. The predicted molar refractivity (Wildman–Crippen MR) is 49.1 cm³/mol. The second-order valence-electron chi connectivity index (χ2n) is 3.23. The minimum atomic E-state index is -1.07. The van der Waals surface area contributed by atoms with Crippen molar-refractivity contribution in [2.45, 2.75) is 25.7 Å². The summed E-state index contributed by atoms with van der Waals surface area (Å²) < 4.78 is 12.6. The summed E-state index contributed by atoms with van der Waals surface area (Å²) in [6, 6.07) is 5.92. The minimum Gasteiger partial charge on any atom is -0.550 e. The van der Waals surface area contributed by atoms with Crippen LogP contribution in [-0.2, 0) is 4.79 Å². The van der Waals surface area contributed by atoms with Crippen LogP contribution >= 0.6 is 0 Å². The maximum Gasteiger partial charge on any atom is 0.123 e. The van der Waals surface area contributed by atoms with Gasteiger partial charge in [-0.2, -0.15) is 0 Å². The highest BCUT2D eigenvalue weighted by molar-refractivity contribution is 5.65. The largest absolute Gasteiger partial charge is 0.550 e. The lowest BCUT2D eigenvalue weighted by Crippen LogP contribution is -2.24. The van der Waals surface area contributed by atoms with Gasteiger partial charge in [-0.15, -0.1) is 0 Å². The van der Waals surface area contributed by atoms with E-state index in [1.54, 1.807) is 12.1 Å². The van der Waals surface area contributed by atoms with Gasteiger partial charge in [0, 0.05) is 5.97 Å². The average Bonchev–Trinajstić information content (AvgIpc) is 2.15. The molecule has 0 radical (unpaired) electrons. The summed E-state index contributed by atoms with van der Waals surface area (Å²) in [6.07, 6.45) is 0.696. The fourth-order valence-corrected chi connectivity index (χ4v) is 1.43. The number of carbonyl (C=O) groups excluding carboxylic acids is 1. The molecule has 0 aliphatic rings. The molecule has 76 valence electrons. The minimum absolute atomic E-state index is 0.0118. The van der Waals surface area contributed by atoms with Gasteiger partial charge in [0.2, 0.25) is 0 Å². The standard InChI is InChI=1S/C11H13FO2/c1-2-8(7-11(13)14)9-3-5-10(12)6-4-9/h3-6,8H,2,7H2,1H3,(H,13,14)/p-1. The van der Waals surface area contributed by atoms with Crippen LogP contribution in [0.5, 0.6) is 0 Å². The quantitative estimate of drug-likeness (QED) is 0.729. The van der Waals surface area contributed by atoms with Crippen LogP contribution in [0.25, 0.3) is 0 Å². The Balaban J connectivity index is 2.78. The Morgan fingerprint density at radius 3 is 2.43 bits per heavy atom. The number of hydrogen-bond acceptors (Lipinski definition) is 2.